The van der Waals surface area contributed by atoms with Gasteiger partial charge in [0.1, 0.15) is 6.04 Å². The zero-order valence-electron chi connectivity index (χ0n) is 21.6. The van der Waals surface area contributed by atoms with Crippen molar-refractivity contribution in [2.24, 2.45) is 0 Å². The van der Waals surface area contributed by atoms with E-state index >= 15 is 0 Å². The molecule has 35 heavy (non-hydrogen) atoms. The number of aryl methyl sites for hydroxylation is 2. The number of nitrogens with one attached hydrogen (secondary N) is 1. The highest BCUT2D eigenvalue weighted by Gasteiger charge is 2.26. The second-order valence-corrected chi connectivity index (χ2v) is 11.0. The highest BCUT2D eigenvalue weighted by atomic mass is 32.2. The molecule has 2 amide bonds. The van der Waals surface area contributed by atoms with Crippen LogP contribution in [0.5, 0.6) is 0 Å². The predicted octanol–water partition coefficient (Wildman–Crippen LogP) is 4.18. The molecule has 192 valence electrons. The van der Waals surface area contributed by atoms with E-state index in [9.17, 15) is 18.0 Å². The summed E-state index contributed by atoms with van der Waals surface area (Å²) < 4.78 is 26.3. The Bertz CT molecular complexity index is 1100. The molecule has 0 fully saturated rings. The van der Waals surface area contributed by atoms with Crippen molar-refractivity contribution in [3.63, 3.8) is 0 Å². The third-order valence-corrected chi connectivity index (χ3v) is 7.15. The number of carbonyl (C=O) groups is 2. The Morgan fingerprint density at radius 1 is 1.03 bits per heavy atom. The van der Waals surface area contributed by atoms with Gasteiger partial charge in [-0.3, -0.25) is 13.9 Å². The van der Waals surface area contributed by atoms with Gasteiger partial charge in [-0.2, -0.15) is 0 Å². The molecule has 0 aliphatic rings. The SMILES string of the molecule is CCCCNC(=O)[C@@H](C)N(Cc1cccc(C)c1)C(=O)CCCN(c1ccccc1C)S(C)(=O)=O. The first kappa shape index (κ1) is 28.4. The highest BCUT2D eigenvalue weighted by molar-refractivity contribution is 7.92. The molecule has 0 saturated carbocycles. The van der Waals surface area contributed by atoms with Crippen LogP contribution in [-0.4, -0.2) is 50.5 Å². The lowest BCUT2D eigenvalue weighted by Gasteiger charge is -2.29. The van der Waals surface area contributed by atoms with E-state index in [1.807, 2.05) is 50.2 Å². The van der Waals surface area contributed by atoms with Gasteiger partial charge >= 0.3 is 0 Å². The Morgan fingerprint density at radius 2 is 1.74 bits per heavy atom. The van der Waals surface area contributed by atoms with E-state index in [4.69, 9.17) is 0 Å². The van der Waals surface area contributed by atoms with Crippen LogP contribution in [0.3, 0.4) is 0 Å². The van der Waals surface area contributed by atoms with Crippen LogP contribution in [0.2, 0.25) is 0 Å². The standard InChI is InChI=1S/C27H39N3O4S/c1-6-7-17-28-27(32)23(4)29(20-24-14-10-12-21(2)19-24)26(31)16-11-18-30(35(5,33)34)25-15-9-8-13-22(25)3/h8-10,12-15,19,23H,6-7,11,16-18,20H2,1-5H3,(H,28,32)/t23-/m1/s1. The minimum absolute atomic E-state index is 0.135. The van der Waals surface area contributed by atoms with Gasteiger partial charge < -0.3 is 10.2 Å². The maximum atomic E-state index is 13.3. The van der Waals surface area contributed by atoms with Gasteiger partial charge in [-0.05, 0) is 50.8 Å². The molecule has 0 aliphatic carbocycles. The molecule has 0 saturated heterocycles. The van der Waals surface area contributed by atoms with Crippen molar-refractivity contribution in [1.82, 2.24) is 10.2 Å². The fourth-order valence-electron chi connectivity index (χ4n) is 3.95. The van der Waals surface area contributed by atoms with Crippen molar-refractivity contribution in [2.45, 2.75) is 66.0 Å². The van der Waals surface area contributed by atoms with Crippen LogP contribution < -0.4 is 9.62 Å². The number of hydrogen-bond acceptors (Lipinski definition) is 4. The minimum Gasteiger partial charge on any atom is -0.354 e. The molecule has 7 nitrogen and oxygen atoms in total. The lowest BCUT2D eigenvalue weighted by atomic mass is 10.1. The lowest BCUT2D eigenvalue weighted by Crippen LogP contribution is -2.48. The van der Waals surface area contributed by atoms with E-state index in [-0.39, 0.29) is 24.8 Å². The van der Waals surface area contributed by atoms with Crippen molar-refractivity contribution >= 4 is 27.5 Å². The van der Waals surface area contributed by atoms with Gasteiger partial charge in [-0.1, -0.05) is 61.4 Å². The lowest BCUT2D eigenvalue weighted by molar-refractivity contribution is -0.140. The van der Waals surface area contributed by atoms with Crippen LogP contribution >= 0.6 is 0 Å². The van der Waals surface area contributed by atoms with E-state index in [0.717, 1.165) is 29.5 Å². The summed E-state index contributed by atoms with van der Waals surface area (Å²) in [5.74, 6) is -0.361. The van der Waals surface area contributed by atoms with Crippen LogP contribution in [0, 0.1) is 13.8 Å². The van der Waals surface area contributed by atoms with Gasteiger partial charge in [-0.15, -0.1) is 0 Å². The summed E-state index contributed by atoms with van der Waals surface area (Å²) in [6.45, 7) is 8.72. The molecule has 0 aliphatic heterocycles. The predicted molar refractivity (Wildman–Crippen MR) is 142 cm³/mol. The van der Waals surface area contributed by atoms with Crippen molar-refractivity contribution < 1.29 is 18.0 Å². The zero-order chi connectivity index (χ0) is 26.0. The molecule has 0 bridgehead atoms. The summed E-state index contributed by atoms with van der Waals surface area (Å²) in [5.41, 5.74) is 3.49. The summed E-state index contributed by atoms with van der Waals surface area (Å²) >= 11 is 0. The highest BCUT2D eigenvalue weighted by Crippen LogP contribution is 2.23. The van der Waals surface area contributed by atoms with Crippen molar-refractivity contribution in [1.29, 1.82) is 0 Å². The van der Waals surface area contributed by atoms with Crippen LogP contribution in [0.15, 0.2) is 48.5 Å². The van der Waals surface area contributed by atoms with Gasteiger partial charge in [0.25, 0.3) is 0 Å². The average Bonchev–Trinajstić information content (AvgIpc) is 2.80. The number of hydrogen-bond donors (Lipinski definition) is 1. The molecule has 0 spiro atoms. The molecular formula is C27H39N3O4S. The number of rotatable bonds is 13. The number of para-hydroxylation sites is 1. The fraction of sp³-hybridized carbons (Fsp3) is 0.481. The number of carbonyl (C=O) groups excluding carboxylic acids is 2. The molecule has 0 radical (unpaired) electrons. The third kappa shape index (κ3) is 8.69. The largest absolute Gasteiger partial charge is 0.354 e. The maximum Gasteiger partial charge on any atom is 0.242 e. The first-order chi connectivity index (χ1) is 16.5. The van der Waals surface area contributed by atoms with Gasteiger partial charge in [0.2, 0.25) is 21.8 Å². The second kappa shape index (κ2) is 13.3. The summed E-state index contributed by atoms with van der Waals surface area (Å²) in [6, 6.07) is 14.5. The molecule has 0 unspecified atom stereocenters. The Labute approximate surface area is 210 Å². The molecule has 8 heteroatoms. The van der Waals surface area contributed by atoms with E-state index in [1.54, 1.807) is 24.0 Å². The van der Waals surface area contributed by atoms with Crippen molar-refractivity contribution in [3.8, 4) is 0 Å². The van der Waals surface area contributed by atoms with E-state index in [2.05, 4.69) is 12.2 Å². The average molecular weight is 502 g/mol. The topological polar surface area (TPSA) is 86.8 Å². The minimum atomic E-state index is -3.51. The Hall–Kier alpha value is -2.87. The second-order valence-electron chi connectivity index (χ2n) is 9.06. The van der Waals surface area contributed by atoms with Gasteiger partial charge in [-0.25, -0.2) is 8.42 Å². The molecular weight excluding hydrogens is 462 g/mol. The number of benzene rings is 2. The summed E-state index contributed by atoms with van der Waals surface area (Å²) in [5, 5.41) is 2.92. The van der Waals surface area contributed by atoms with Gasteiger partial charge in [0, 0.05) is 26.1 Å². The Kier molecular flexibility index (Phi) is 10.8. The first-order valence-electron chi connectivity index (χ1n) is 12.2. The zero-order valence-corrected chi connectivity index (χ0v) is 22.4. The van der Waals surface area contributed by atoms with Crippen molar-refractivity contribution in [3.05, 3.63) is 65.2 Å². The molecule has 2 aromatic rings. The fourth-order valence-corrected chi connectivity index (χ4v) is 4.97. The third-order valence-electron chi connectivity index (χ3n) is 5.97. The summed E-state index contributed by atoms with van der Waals surface area (Å²) in [4.78, 5) is 27.7. The molecule has 2 aromatic carbocycles. The number of sulfonamides is 1. The molecule has 0 aromatic heterocycles. The van der Waals surface area contributed by atoms with E-state index in [0.29, 0.717) is 25.2 Å². The number of anilines is 1. The Morgan fingerprint density at radius 3 is 2.37 bits per heavy atom. The van der Waals surface area contributed by atoms with E-state index in [1.165, 1.54) is 10.6 Å². The molecule has 1 atom stereocenters. The van der Waals surface area contributed by atoms with Crippen LogP contribution in [0.25, 0.3) is 0 Å². The quantitative estimate of drug-likeness (QED) is 0.417. The Balaban J connectivity index is 2.15. The summed E-state index contributed by atoms with van der Waals surface area (Å²) in [6.07, 6.45) is 3.50. The van der Waals surface area contributed by atoms with Crippen LogP contribution in [0.1, 0.15) is 56.2 Å². The number of unbranched alkanes of at least 4 members (excludes halogenated alkanes) is 1. The van der Waals surface area contributed by atoms with E-state index < -0.39 is 16.1 Å². The van der Waals surface area contributed by atoms with Crippen LogP contribution in [0.4, 0.5) is 5.69 Å². The van der Waals surface area contributed by atoms with Gasteiger partial charge in [0.05, 0.1) is 11.9 Å². The van der Waals surface area contributed by atoms with Crippen molar-refractivity contribution in [2.75, 3.05) is 23.7 Å². The summed E-state index contributed by atoms with van der Waals surface area (Å²) in [7, 11) is -3.51. The monoisotopic (exact) mass is 501 g/mol. The number of amides is 2. The van der Waals surface area contributed by atoms with Crippen LogP contribution in [-0.2, 0) is 26.2 Å². The van der Waals surface area contributed by atoms with Gasteiger partial charge in [0.15, 0.2) is 0 Å². The molecule has 0 heterocycles. The first-order valence-corrected chi connectivity index (χ1v) is 14.1. The number of nitrogens with zero attached hydrogens (tertiary/aromatic N) is 2. The maximum absolute atomic E-state index is 13.3. The molecule has 1 N–H and O–H groups in total. The normalized spacial score (nSPS) is 12.1. The smallest absolute Gasteiger partial charge is 0.242 e. The molecule has 2 rings (SSSR count).